The molecule has 8 rings (SSSR count). The Morgan fingerprint density at radius 2 is 1.04 bits per heavy atom. The second kappa shape index (κ2) is 11.5. The zero-order valence-electron chi connectivity index (χ0n) is 24.9. The molecule has 0 amide bonds. The monoisotopic (exact) mass is 601 g/mol. The van der Waals surface area contributed by atoms with Crippen molar-refractivity contribution in [2.75, 3.05) is 0 Å². The summed E-state index contributed by atoms with van der Waals surface area (Å²) in [5.74, 6) is 1.59. The van der Waals surface area contributed by atoms with Crippen molar-refractivity contribution in [2.45, 2.75) is 0 Å². The first-order valence-electron chi connectivity index (χ1n) is 15.0. The quantitative estimate of drug-likeness (QED) is 0.195. The molecule has 7 heteroatoms. The van der Waals surface area contributed by atoms with Gasteiger partial charge in [0.1, 0.15) is 0 Å². The highest BCUT2D eigenvalue weighted by atomic mass is 15.1. The normalized spacial score (nSPS) is 10.9. The summed E-state index contributed by atoms with van der Waals surface area (Å²) in [4.78, 5) is 19.6. The standard InChI is InChI=1S/C40H23N7/c41-24-26-14-17-31-32-18-15-27(25-42)22-36(32)47(35(31)21-26)37-23-30(34-13-7-8-20-43-34)16-19-33(37)40-45-38(28-9-3-1-4-10-28)44-39(46-40)29-11-5-2-6-12-29/h1-23H. The maximum Gasteiger partial charge on any atom is 0.166 e. The second-order valence-corrected chi connectivity index (χ2v) is 11.0. The van der Waals surface area contributed by atoms with Crippen molar-refractivity contribution in [1.29, 1.82) is 10.5 Å². The van der Waals surface area contributed by atoms with Crippen LogP contribution in [0.1, 0.15) is 11.1 Å². The number of fused-ring (bicyclic) bond motifs is 3. The Morgan fingerprint density at radius 3 is 1.57 bits per heavy atom. The van der Waals surface area contributed by atoms with Crippen LogP contribution in [0.25, 0.3) is 72.9 Å². The smallest absolute Gasteiger partial charge is 0.166 e. The van der Waals surface area contributed by atoms with Crippen LogP contribution >= 0.6 is 0 Å². The van der Waals surface area contributed by atoms with Crippen LogP contribution in [0.4, 0.5) is 0 Å². The lowest BCUT2D eigenvalue weighted by atomic mass is 10.0. The number of aromatic nitrogens is 5. The number of nitrogens with zero attached hydrogens (tertiary/aromatic N) is 7. The molecule has 0 aliphatic rings. The van der Waals surface area contributed by atoms with Gasteiger partial charge in [-0.2, -0.15) is 10.5 Å². The maximum atomic E-state index is 9.88. The van der Waals surface area contributed by atoms with E-state index >= 15 is 0 Å². The largest absolute Gasteiger partial charge is 0.308 e. The third-order valence-electron chi connectivity index (χ3n) is 8.17. The van der Waals surface area contributed by atoms with Crippen LogP contribution in [-0.4, -0.2) is 24.5 Å². The third-order valence-corrected chi connectivity index (χ3v) is 8.17. The average molecular weight is 602 g/mol. The number of hydrogen-bond acceptors (Lipinski definition) is 6. The maximum absolute atomic E-state index is 9.88. The fourth-order valence-corrected chi connectivity index (χ4v) is 5.94. The van der Waals surface area contributed by atoms with Gasteiger partial charge >= 0.3 is 0 Å². The van der Waals surface area contributed by atoms with Gasteiger partial charge in [0.2, 0.25) is 0 Å². The number of pyridine rings is 1. The minimum Gasteiger partial charge on any atom is -0.308 e. The molecule has 0 fully saturated rings. The second-order valence-electron chi connectivity index (χ2n) is 11.0. The van der Waals surface area contributed by atoms with Gasteiger partial charge in [-0.25, -0.2) is 15.0 Å². The van der Waals surface area contributed by atoms with Crippen molar-refractivity contribution in [3.63, 3.8) is 0 Å². The van der Waals surface area contributed by atoms with E-state index in [0.717, 1.165) is 55.4 Å². The summed E-state index contributed by atoms with van der Waals surface area (Å²) in [6.07, 6.45) is 1.77. The highest BCUT2D eigenvalue weighted by molar-refractivity contribution is 6.10. The Balaban J connectivity index is 1.48. The van der Waals surface area contributed by atoms with E-state index in [9.17, 15) is 10.5 Å². The fraction of sp³-hybridized carbons (Fsp3) is 0. The number of benzene rings is 5. The molecule has 0 bridgehead atoms. The molecule has 5 aromatic carbocycles. The van der Waals surface area contributed by atoms with Gasteiger partial charge in [-0.05, 0) is 48.5 Å². The first kappa shape index (κ1) is 27.6. The Labute approximate surface area is 270 Å². The van der Waals surface area contributed by atoms with E-state index < -0.39 is 0 Å². The van der Waals surface area contributed by atoms with Crippen molar-refractivity contribution in [1.82, 2.24) is 24.5 Å². The predicted molar refractivity (Wildman–Crippen MR) is 183 cm³/mol. The van der Waals surface area contributed by atoms with Crippen LogP contribution in [0.2, 0.25) is 0 Å². The van der Waals surface area contributed by atoms with Crippen molar-refractivity contribution in [3.05, 3.63) is 151 Å². The molecule has 8 aromatic rings. The van der Waals surface area contributed by atoms with Gasteiger partial charge in [-0.15, -0.1) is 0 Å². The molecule has 0 saturated heterocycles. The van der Waals surface area contributed by atoms with Crippen molar-refractivity contribution >= 4 is 21.8 Å². The molecule has 0 aliphatic carbocycles. The van der Waals surface area contributed by atoms with Crippen LogP contribution in [0.15, 0.2) is 140 Å². The van der Waals surface area contributed by atoms with Crippen LogP contribution in [0.3, 0.4) is 0 Å². The van der Waals surface area contributed by atoms with Crippen LogP contribution in [0.5, 0.6) is 0 Å². The van der Waals surface area contributed by atoms with Gasteiger partial charge in [0, 0.05) is 39.2 Å². The van der Waals surface area contributed by atoms with E-state index in [-0.39, 0.29) is 0 Å². The molecule has 0 aliphatic heterocycles. The Bertz CT molecular complexity index is 2400. The van der Waals surface area contributed by atoms with Gasteiger partial charge < -0.3 is 4.57 Å². The summed E-state index contributed by atoms with van der Waals surface area (Å²) < 4.78 is 2.10. The van der Waals surface area contributed by atoms with Crippen LogP contribution < -0.4 is 0 Å². The van der Waals surface area contributed by atoms with E-state index in [2.05, 4.69) is 27.8 Å². The van der Waals surface area contributed by atoms with Gasteiger partial charge in [-0.3, -0.25) is 4.98 Å². The SMILES string of the molecule is N#Cc1ccc2c3ccc(C#N)cc3n(-c3cc(-c4ccccn4)ccc3-c3nc(-c4ccccc4)nc(-c4ccccc4)n3)c2c1. The Morgan fingerprint density at radius 1 is 0.489 bits per heavy atom. The van der Waals surface area contributed by atoms with Crippen LogP contribution in [-0.2, 0) is 0 Å². The van der Waals surface area contributed by atoms with Crippen molar-refractivity contribution in [2.24, 2.45) is 0 Å². The summed E-state index contributed by atoms with van der Waals surface area (Å²) in [5, 5.41) is 21.7. The van der Waals surface area contributed by atoms with E-state index in [0.29, 0.717) is 28.6 Å². The first-order valence-corrected chi connectivity index (χ1v) is 15.0. The molecular formula is C40H23N7. The summed E-state index contributed by atoms with van der Waals surface area (Å²) in [6.45, 7) is 0. The van der Waals surface area contributed by atoms with Crippen molar-refractivity contribution in [3.8, 4) is 63.2 Å². The summed E-state index contributed by atoms with van der Waals surface area (Å²) in [5.41, 5.74) is 7.69. The predicted octanol–water partition coefficient (Wildman–Crippen LogP) is 8.78. The highest BCUT2D eigenvalue weighted by Crippen LogP contribution is 2.38. The topological polar surface area (TPSA) is 104 Å². The van der Waals surface area contributed by atoms with Gasteiger partial charge in [0.25, 0.3) is 0 Å². The third kappa shape index (κ3) is 4.95. The average Bonchev–Trinajstić information content (AvgIpc) is 3.48. The summed E-state index contributed by atoms with van der Waals surface area (Å²) in [7, 11) is 0. The number of rotatable bonds is 5. The molecule has 7 nitrogen and oxygen atoms in total. The first-order chi connectivity index (χ1) is 23.2. The summed E-state index contributed by atoms with van der Waals surface area (Å²) in [6, 6.07) is 47.6. The minimum absolute atomic E-state index is 0.489. The van der Waals surface area contributed by atoms with E-state index in [1.54, 1.807) is 6.20 Å². The lowest BCUT2D eigenvalue weighted by Gasteiger charge is -2.16. The Kier molecular flexibility index (Phi) is 6.76. The molecule has 0 unspecified atom stereocenters. The van der Waals surface area contributed by atoms with Gasteiger partial charge in [0.15, 0.2) is 17.5 Å². The molecular weight excluding hydrogens is 578 g/mol. The molecule has 218 valence electrons. The lowest BCUT2D eigenvalue weighted by Crippen LogP contribution is -2.04. The van der Waals surface area contributed by atoms with E-state index in [1.807, 2.05) is 127 Å². The molecule has 47 heavy (non-hydrogen) atoms. The number of hydrogen-bond donors (Lipinski definition) is 0. The highest BCUT2D eigenvalue weighted by Gasteiger charge is 2.21. The molecule has 0 N–H and O–H groups in total. The van der Waals surface area contributed by atoms with Crippen LogP contribution in [0, 0.1) is 22.7 Å². The van der Waals surface area contributed by atoms with E-state index in [1.165, 1.54) is 0 Å². The molecule has 0 spiro atoms. The van der Waals surface area contributed by atoms with E-state index in [4.69, 9.17) is 15.0 Å². The minimum atomic E-state index is 0.489. The fourth-order valence-electron chi connectivity index (χ4n) is 5.94. The molecule has 3 heterocycles. The molecule has 3 aromatic heterocycles. The van der Waals surface area contributed by atoms with Gasteiger partial charge in [-0.1, -0.05) is 84.9 Å². The molecule has 0 atom stereocenters. The lowest BCUT2D eigenvalue weighted by molar-refractivity contribution is 1.06. The molecule has 0 radical (unpaired) electrons. The summed E-state index contributed by atoms with van der Waals surface area (Å²) >= 11 is 0. The molecule has 0 saturated carbocycles. The van der Waals surface area contributed by atoms with Gasteiger partial charge in [0.05, 0.1) is 45.7 Å². The Hall–Kier alpha value is -6.96. The zero-order valence-corrected chi connectivity index (χ0v) is 24.9. The van der Waals surface area contributed by atoms with Crippen molar-refractivity contribution < 1.29 is 0 Å². The zero-order chi connectivity index (χ0) is 31.7. The number of nitriles is 2.